The molecule has 2 heterocycles. The van der Waals surface area contributed by atoms with Gasteiger partial charge in [0.1, 0.15) is 12.4 Å². The van der Waals surface area contributed by atoms with Crippen molar-refractivity contribution < 1.29 is 17.9 Å². The molecule has 0 atom stereocenters. The lowest BCUT2D eigenvalue weighted by Gasteiger charge is -2.14. The van der Waals surface area contributed by atoms with E-state index in [0.29, 0.717) is 0 Å². The number of halogens is 4. The van der Waals surface area contributed by atoms with Gasteiger partial charge in [0.2, 0.25) is 5.65 Å². The molecule has 1 aromatic carbocycles. The van der Waals surface area contributed by atoms with Crippen molar-refractivity contribution in [3.8, 4) is 5.75 Å². The highest BCUT2D eigenvalue weighted by Crippen LogP contribution is 2.34. The largest absolute Gasteiger partial charge is 0.486 e. The molecule has 0 saturated carbocycles. The first-order valence-corrected chi connectivity index (χ1v) is 6.68. The van der Waals surface area contributed by atoms with E-state index in [1.807, 2.05) is 0 Å². The number of aromatic nitrogens is 4. The molecule has 3 rings (SSSR count). The SMILES string of the molecule is Nc1cc(OCc2cc(Cl)ccc2C(F)(F)F)c2n[nH]nc2n1. The van der Waals surface area contributed by atoms with E-state index in [-0.39, 0.29) is 39.9 Å². The monoisotopic (exact) mass is 343 g/mol. The van der Waals surface area contributed by atoms with Gasteiger partial charge in [0.25, 0.3) is 0 Å². The number of benzene rings is 1. The van der Waals surface area contributed by atoms with Gasteiger partial charge in [0.15, 0.2) is 11.3 Å². The molecule has 0 aliphatic heterocycles. The summed E-state index contributed by atoms with van der Waals surface area (Å²) >= 11 is 5.77. The second-order valence-corrected chi connectivity index (χ2v) is 5.07. The van der Waals surface area contributed by atoms with Crippen molar-refractivity contribution in [1.29, 1.82) is 0 Å². The van der Waals surface area contributed by atoms with Gasteiger partial charge in [-0.3, -0.25) is 0 Å². The van der Waals surface area contributed by atoms with Crippen molar-refractivity contribution in [2.75, 3.05) is 5.73 Å². The minimum Gasteiger partial charge on any atom is -0.486 e. The van der Waals surface area contributed by atoms with Gasteiger partial charge in [-0.05, 0) is 18.2 Å². The molecule has 120 valence electrons. The van der Waals surface area contributed by atoms with Crippen molar-refractivity contribution in [3.63, 3.8) is 0 Å². The molecule has 0 unspecified atom stereocenters. The summed E-state index contributed by atoms with van der Waals surface area (Å²) in [6, 6.07) is 4.65. The molecule has 0 radical (unpaired) electrons. The number of nitrogens with one attached hydrogen (secondary N) is 1. The first kappa shape index (κ1) is 15.3. The molecule has 23 heavy (non-hydrogen) atoms. The fraction of sp³-hybridized carbons (Fsp3) is 0.154. The molecule has 2 aromatic heterocycles. The lowest BCUT2D eigenvalue weighted by molar-refractivity contribution is -0.138. The number of fused-ring (bicyclic) bond motifs is 1. The molecule has 0 aliphatic carbocycles. The number of H-pyrrole nitrogens is 1. The topological polar surface area (TPSA) is 89.7 Å². The van der Waals surface area contributed by atoms with Crippen LogP contribution in [0.5, 0.6) is 5.75 Å². The van der Waals surface area contributed by atoms with Gasteiger partial charge in [0.05, 0.1) is 5.56 Å². The molecule has 0 bridgehead atoms. The normalized spacial score (nSPS) is 11.8. The van der Waals surface area contributed by atoms with Crippen molar-refractivity contribution in [2.24, 2.45) is 0 Å². The third-order valence-corrected chi connectivity index (χ3v) is 3.27. The van der Waals surface area contributed by atoms with Crippen LogP contribution in [0.1, 0.15) is 11.1 Å². The number of anilines is 1. The van der Waals surface area contributed by atoms with E-state index in [1.54, 1.807) is 0 Å². The highest BCUT2D eigenvalue weighted by atomic mass is 35.5. The molecule has 3 N–H and O–H groups in total. The Hall–Kier alpha value is -2.55. The van der Waals surface area contributed by atoms with Gasteiger partial charge < -0.3 is 10.5 Å². The van der Waals surface area contributed by atoms with Crippen LogP contribution in [0.25, 0.3) is 11.2 Å². The van der Waals surface area contributed by atoms with Gasteiger partial charge in [0, 0.05) is 16.7 Å². The Labute approximate surface area is 132 Å². The standard InChI is InChI=1S/C13H9ClF3N5O/c14-7-1-2-8(13(15,16)17)6(3-7)5-23-9-4-10(18)19-12-11(9)20-22-21-12/h1-4H,5H2,(H3,18,19,20,21,22). The Bertz CT molecular complexity index is 864. The highest BCUT2D eigenvalue weighted by molar-refractivity contribution is 6.30. The number of alkyl halides is 3. The predicted molar refractivity (Wildman–Crippen MR) is 76.9 cm³/mol. The predicted octanol–water partition coefficient (Wildman–Crippen LogP) is 3.19. The third kappa shape index (κ3) is 3.14. The highest BCUT2D eigenvalue weighted by Gasteiger charge is 2.33. The van der Waals surface area contributed by atoms with Crippen LogP contribution >= 0.6 is 11.6 Å². The number of hydrogen-bond donors (Lipinski definition) is 2. The maximum absolute atomic E-state index is 13.0. The van der Waals surface area contributed by atoms with Crippen molar-refractivity contribution in [3.05, 3.63) is 40.4 Å². The second-order valence-electron chi connectivity index (χ2n) is 4.63. The Balaban J connectivity index is 1.94. The zero-order chi connectivity index (χ0) is 16.6. The number of hydrogen-bond acceptors (Lipinski definition) is 5. The van der Waals surface area contributed by atoms with Gasteiger partial charge in [-0.2, -0.15) is 23.5 Å². The van der Waals surface area contributed by atoms with E-state index < -0.39 is 11.7 Å². The minimum atomic E-state index is -4.51. The van der Waals surface area contributed by atoms with Crippen LogP contribution in [0.3, 0.4) is 0 Å². The van der Waals surface area contributed by atoms with Crippen LogP contribution in [-0.2, 0) is 12.8 Å². The van der Waals surface area contributed by atoms with E-state index in [9.17, 15) is 13.2 Å². The smallest absolute Gasteiger partial charge is 0.416 e. The zero-order valence-corrected chi connectivity index (χ0v) is 12.1. The first-order valence-electron chi connectivity index (χ1n) is 6.30. The Morgan fingerprint density at radius 3 is 2.74 bits per heavy atom. The van der Waals surface area contributed by atoms with Crippen molar-refractivity contribution >= 4 is 28.6 Å². The Kier molecular flexibility index (Phi) is 3.72. The number of ether oxygens (including phenoxy) is 1. The van der Waals surface area contributed by atoms with Gasteiger partial charge in [-0.1, -0.05) is 11.6 Å². The molecule has 0 spiro atoms. The minimum absolute atomic E-state index is 0.1000. The molecule has 0 amide bonds. The first-order chi connectivity index (χ1) is 10.8. The summed E-state index contributed by atoms with van der Waals surface area (Å²) in [6.45, 7) is -0.360. The van der Waals surface area contributed by atoms with Crippen LogP contribution in [0.15, 0.2) is 24.3 Å². The summed E-state index contributed by atoms with van der Waals surface area (Å²) in [6.07, 6.45) is -4.51. The molecule has 0 fully saturated rings. The number of nitrogen functional groups attached to an aromatic ring is 1. The van der Waals surface area contributed by atoms with E-state index in [1.165, 1.54) is 18.2 Å². The lowest BCUT2D eigenvalue weighted by atomic mass is 10.1. The average Bonchev–Trinajstić information content (AvgIpc) is 2.91. The van der Waals surface area contributed by atoms with Gasteiger partial charge in [-0.15, -0.1) is 5.10 Å². The number of nitrogens with zero attached hydrogens (tertiary/aromatic N) is 3. The molecule has 6 nitrogen and oxygen atoms in total. The second kappa shape index (κ2) is 5.58. The molecule has 0 saturated heterocycles. The van der Waals surface area contributed by atoms with E-state index in [4.69, 9.17) is 22.1 Å². The number of pyridine rings is 1. The summed E-state index contributed by atoms with van der Waals surface area (Å²) in [5.41, 5.74) is 5.17. The number of nitrogens with two attached hydrogens (primary N) is 1. The van der Waals surface area contributed by atoms with Crippen LogP contribution in [0, 0.1) is 0 Å². The van der Waals surface area contributed by atoms with Crippen LogP contribution in [0.2, 0.25) is 5.02 Å². The zero-order valence-electron chi connectivity index (χ0n) is 11.4. The molecule has 3 aromatic rings. The van der Waals surface area contributed by atoms with Crippen molar-refractivity contribution in [1.82, 2.24) is 20.4 Å². The maximum Gasteiger partial charge on any atom is 0.416 e. The molecule has 10 heteroatoms. The fourth-order valence-corrected chi connectivity index (χ4v) is 2.24. The summed E-state index contributed by atoms with van der Waals surface area (Å²) < 4.78 is 44.5. The van der Waals surface area contributed by atoms with Gasteiger partial charge in [-0.25, -0.2) is 4.98 Å². The number of aromatic amines is 1. The van der Waals surface area contributed by atoms with Crippen LogP contribution < -0.4 is 10.5 Å². The van der Waals surface area contributed by atoms with Crippen LogP contribution in [0.4, 0.5) is 19.0 Å². The Morgan fingerprint density at radius 2 is 2.00 bits per heavy atom. The quantitative estimate of drug-likeness (QED) is 0.762. The summed E-state index contributed by atoms with van der Waals surface area (Å²) in [5.74, 6) is 0.290. The van der Waals surface area contributed by atoms with E-state index >= 15 is 0 Å². The molecule has 0 aliphatic rings. The van der Waals surface area contributed by atoms with Crippen LogP contribution in [-0.4, -0.2) is 20.4 Å². The molecular weight excluding hydrogens is 335 g/mol. The van der Waals surface area contributed by atoms with Crippen molar-refractivity contribution in [2.45, 2.75) is 12.8 Å². The van der Waals surface area contributed by atoms with E-state index in [0.717, 1.165) is 6.07 Å². The average molecular weight is 344 g/mol. The third-order valence-electron chi connectivity index (χ3n) is 3.03. The van der Waals surface area contributed by atoms with E-state index in [2.05, 4.69) is 20.4 Å². The maximum atomic E-state index is 13.0. The lowest BCUT2D eigenvalue weighted by Crippen LogP contribution is -2.11. The van der Waals surface area contributed by atoms with Gasteiger partial charge >= 0.3 is 6.18 Å². The fourth-order valence-electron chi connectivity index (χ4n) is 2.05. The summed E-state index contributed by atoms with van der Waals surface area (Å²) in [4.78, 5) is 3.91. The molecular formula is C13H9ClF3N5O. The summed E-state index contributed by atoms with van der Waals surface area (Å²) in [7, 11) is 0. The number of rotatable bonds is 3. The Morgan fingerprint density at radius 1 is 1.22 bits per heavy atom. The summed E-state index contributed by atoms with van der Waals surface area (Å²) in [5, 5.41) is 10.1.